The van der Waals surface area contributed by atoms with E-state index in [0.717, 1.165) is 5.56 Å². The summed E-state index contributed by atoms with van der Waals surface area (Å²) in [6.45, 7) is 3.24. The molecule has 0 saturated heterocycles. The third kappa shape index (κ3) is 3.01. The van der Waals surface area contributed by atoms with Gasteiger partial charge in [0.15, 0.2) is 0 Å². The molecular weight excluding hydrogens is 360 g/mol. The smallest absolute Gasteiger partial charge is 0.278 e. The molecule has 0 bridgehead atoms. The number of fused-ring (bicyclic) bond motifs is 1. The van der Waals surface area contributed by atoms with Gasteiger partial charge in [0.25, 0.3) is 17.4 Å². The van der Waals surface area contributed by atoms with Crippen LogP contribution in [0.15, 0.2) is 30.3 Å². The van der Waals surface area contributed by atoms with Crippen molar-refractivity contribution < 1.29 is 24.2 Å². The molecule has 1 aliphatic rings. The summed E-state index contributed by atoms with van der Waals surface area (Å²) in [5, 5.41) is 15.1. The van der Waals surface area contributed by atoms with E-state index >= 15 is 0 Å². The van der Waals surface area contributed by atoms with Crippen LogP contribution in [0.25, 0.3) is 0 Å². The molecule has 2 amide bonds. The molecule has 0 spiro atoms. The lowest BCUT2D eigenvalue weighted by Crippen LogP contribution is -2.56. The Hall–Kier alpha value is -2.93. The van der Waals surface area contributed by atoms with E-state index in [2.05, 4.69) is 10.6 Å². The van der Waals surface area contributed by atoms with Crippen molar-refractivity contribution in [2.24, 2.45) is 0 Å². The topological polar surface area (TPSA) is 96.9 Å². The molecule has 1 atom stereocenters. The molecule has 0 radical (unpaired) electrons. The highest BCUT2D eigenvalue weighted by Crippen LogP contribution is 2.38. The minimum atomic E-state index is -1.80. The zero-order chi connectivity index (χ0) is 19.1. The largest absolute Gasteiger partial charge is 0.506 e. The minimum absolute atomic E-state index is 0.0713. The number of hydrogen-bond acceptors (Lipinski definition) is 5. The van der Waals surface area contributed by atoms with Crippen LogP contribution in [0.3, 0.4) is 0 Å². The molecule has 3 rings (SSSR count). The van der Waals surface area contributed by atoms with Crippen molar-refractivity contribution in [3.63, 3.8) is 0 Å². The number of hydrogen-bond donors (Lipinski definition) is 3. The molecule has 3 N–H and O–H groups in total. The molecule has 0 aromatic heterocycles. The summed E-state index contributed by atoms with van der Waals surface area (Å²) in [4.78, 5) is 25.3. The van der Waals surface area contributed by atoms with Gasteiger partial charge >= 0.3 is 0 Å². The van der Waals surface area contributed by atoms with Crippen LogP contribution in [0.1, 0.15) is 12.5 Å². The fourth-order valence-electron chi connectivity index (χ4n) is 2.54. The van der Waals surface area contributed by atoms with E-state index in [-0.39, 0.29) is 22.2 Å². The zero-order valence-electron chi connectivity index (χ0n) is 14.3. The van der Waals surface area contributed by atoms with Crippen molar-refractivity contribution in [2.75, 3.05) is 17.7 Å². The van der Waals surface area contributed by atoms with Gasteiger partial charge in [0.05, 0.1) is 23.5 Å². The Morgan fingerprint density at radius 1 is 1.35 bits per heavy atom. The number of halogens is 1. The van der Waals surface area contributed by atoms with Crippen LogP contribution in [0.5, 0.6) is 17.2 Å². The first-order valence-electron chi connectivity index (χ1n) is 7.73. The van der Waals surface area contributed by atoms with E-state index < -0.39 is 17.4 Å². The maximum absolute atomic E-state index is 12.8. The number of carbonyl (C=O) groups is 2. The highest BCUT2D eigenvalue weighted by molar-refractivity contribution is 6.32. The fourth-order valence-corrected chi connectivity index (χ4v) is 2.69. The van der Waals surface area contributed by atoms with Gasteiger partial charge in [-0.2, -0.15) is 0 Å². The maximum Gasteiger partial charge on any atom is 0.278 e. The molecule has 0 fully saturated rings. The molecule has 7 nitrogen and oxygen atoms in total. The predicted molar refractivity (Wildman–Crippen MR) is 97.1 cm³/mol. The number of benzene rings is 2. The van der Waals surface area contributed by atoms with E-state index in [1.54, 1.807) is 12.1 Å². The molecule has 0 saturated carbocycles. The zero-order valence-corrected chi connectivity index (χ0v) is 15.1. The summed E-state index contributed by atoms with van der Waals surface area (Å²) in [5.74, 6) is -0.940. The summed E-state index contributed by atoms with van der Waals surface area (Å²) < 4.78 is 10.8. The Morgan fingerprint density at radius 2 is 2.08 bits per heavy atom. The number of methoxy groups -OCH3 is 1. The molecule has 1 aliphatic heterocycles. The van der Waals surface area contributed by atoms with E-state index in [1.165, 1.54) is 26.2 Å². The van der Waals surface area contributed by atoms with Gasteiger partial charge in [-0.1, -0.05) is 17.7 Å². The van der Waals surface area contributed by atoms with Crippen LogP contribution < -0.4 is 20.1 Å². The first-order valence-corrected chi connectivity index (χ1v) is 8.11. The molecule has 26 heavy (non-hydrogen) atoms. The summed E-state index contributed by atoms with van der Waals surface area (Å²) in [6.07, 6.45) is 0. The third-order valence-corrected chi connectivity index (χ3v) is 4.38. The number of phenols is 1. The highest BCUT2D eigenvalue weighted by atomic mass is 35.5. The molecule has 2 aromatic rings. The van der Waals surface area contributed by atoms with Gasteiger partial charge in [-0.25, -0.2) is 0 Å². The number of aromatic hydroxyl groups is 1. The lowest BCUT2D eigenvalue weighted by atomic mass is 10.0. The monoisotopic (exact) mass is 376 g/mol. The van der Waals surface area contributed by atoms with E-state index in [9.17, 15) is 14.7 Å². The number of phenolic OH excluding ortho intramolecular Hbond substituents is 1. The number of aryl methyl sites for hydroxylation is 1. The van der Waals surface area contributed by atoms with E-state index in [1.807, 2.05) is 13.0 Å². The van der Waals surface area contributed by atoms with Crippen LogP contribution in [0.4, 0.5) is 11.4 Å². The summed E-state index contributed by atoms with van der Waals surface area (Å²) >= 11 is 5.84. The predicted octanol–water partition coefficient (Wildman–Crippen LogP) is 3.09. The molecule has 8 heteroatoms. The number of nitrogens with one attached hydrogen (secondary N) is 2. The first kappa shape index (κ1) is 17.9. The Balaban J connectivity index is 1.91. The molecular formula is C18H17ClN2O5. The Labute approximate surface area is 154 Å². The first-order chi connectivity index (χ1) is 12.2. The van der Waals surface area contributed by atoms with Crippen LogP contribution in [-0.2, 0) is 9.59 Å². The Kier molecular flexibility index (Phi) is 4.41. The van der Waals surface area contributed by atoms with Crippen molar-refractivity contribution in [1.29, 1.82) is 0 Å². The summed E-state index contributed by atoms with van der Waals surface area (Å²) in [5.41, 5.74) is -0.196. The number of amides is 2. The van der Waals surface area contributed by atoms with Gasteiger partial charge in [0, 0.05) is 12.1 Å². The lowest BCUT2D eigenvalue weighted by molar-refractivity contribution is -0.143. The standard InChI is InChI=1S/C18H17ClN2O5/c1-9-4-5-14-11(6-9)20-16(23)18(2,26-14)17(24)21-12-8-13(22)10(19)7-15(12)25-3/h4-8,22H,1-3H3,(H,20,23)(H,21,24). The van der Waals surface area contributed by atoms with Crippen molar-refractivity contribution in [1.82, 2.24) is 0 Å². The van der Waals surface area contributed by atoms with Gasteiger partial charge in [-0.15, -0.1) is 0 Å². The number of ether oxygens (including phenoxy) is 2. The van der Waals surface area contributed by atoms with Crippen molar-refractivity contribution >= 4 is 34.8 Å². The maximum atomic E-state index is 12.8. The normalized spacial score (nSPS) is 18.4. The second kappa shape index (κ2) is 6.42. The van der Waals surface area contributed by atoms with Gasteiger partial charge in [-0.3, -0.25) is 9.59 Å². The summed E-state index contributed by atoms with van der Waals surface area (Å²) in [6, 6.07) is 7.85. The van der Waals surface area contributed by atoms with E-state index in [0.29, 0.717) is 11.4 Å². The van der Waals surface area contributed by atoms with Crippen molar-refractivity contribution in [3.8, 4) is 17.2 Å². The fraction of sp³-hybridized carbons (Fsp3) is 0.222. The Bertz CT molecular complexity index is 915. The van der Waals surface area contributed by atoms with Crippen molar-refractivity contribution in [2.45, 2.75) is 19.4 Å². The third-order valence-electron chi connectivity index (χ3n) is 4.08. The summed E-state index contributed by atoms with van der Waals surface area (Å²) in [7, 11) is 1.39. The average molecular weight is 377 g/mol. The SMILES string of the molecule is COc1cc(Cl)c(O)cc1NC(=O)C1(C)Oc2ccc(C)cc2NC1=O. The minimum Gasteiger partial charge on any atom is -0.506 e. The molecule has 1 heterocycles. The van der Waals surface area contributed by atoms with Gasteiger partial charge in [0.2, 0.25) is 0 Å². The van der Waals surface area contributed by atoms with Crippen LogP contribution >= 0.6 is 11.6 Å². The average Bonchev–Trinajstić information content (AvgIpc) is 2.59. The lowest BCUT2D eigenvalue weighted by Gasteiger charge is -2.33. The molecule has 1 unspecified atom stereocenters. The van der Waals surface area contributed by atoms with Crippen LogP contribution in [0, 0.1) is 6.92 Å². The van der Waals surface area contributed by atoms with Crippen molar-refractivity contribution in [3.05, 3.63) is 40.9 Å². The second-order valence-electron chi connectivity index (χ2n) is 6.05. The van der Waals surface area contributed by atoms with Gasteiger partial charge in [-0.05, 0) is 31.5 Å². The number of rotatable bonds is 3. The van der Waals surface area contributed by atoms with Gasteiger partial charge < -0.3 is 25.2 Å². The molecule has 0 aliphatic carbocycles. The van der Waals surface area contributed by atoms with E-state index in [4.69, 9.17) is 21.1 Å². The number of anilines is 2. The Morgan fingerprint density at radius 3 is 2.77 bits per heavy atom. The highest BCUT2D eigenvalue weighted by Gasteiger charge is 2.47. The van der Waals surface area contributed by atoms with Gasteiger partial charge in [0.1, 0.15) is 17.2 Å². The quantitative estimate of drug-likeness (QED) is 0.715. The van der Waals surface area contributed by atoms with Crippen LogP contribution in [0.2, 0.25) is 5.02 Å². The second-order valence-corrected chi connectivity index (χ2v) is 6.45. The van der Waals surface area contributed by atoms with Crippen LogP contribution in [-0.4, -0.2) is 29.6 Å². The number of carbonyl (C=O) groups excluding carboxylic acids is 2. The molecule has 2 aromatic carbocycles. The molecule has 136 valence electrons.